The van der Waals surface area contributed by atoms with Crippen LogP contribution in [-0.2, 0) is 11.3 Å². The van der Waals surface area contributed by atoms with E-state index in [0.717, 1.165) is 22.6 Å². The molecule has 1 atom stereocenters. The van der Waals surface area contributed by atoms with Gasteiger partial charge in [-0.1, -0.05) is 0 Å². The van der Waals surface area contributed by atoms with Crippen LogP contribution in [0.15, 0.2) is 6.20 Å². The second-order valence-corrected chi connectivity index (χ2v) is 4.67. The van der Waals surface area contributed by atoms with E-state index in [1.54, 1.807) is 18.2 Å². The zero-order valence-electron chi connectivity index (χ0n) is 11.5. The molecular formula is C13H19N3O3. The molecule has 6 nitrogen and oxygen atoms in total. The number of aryl methyl sites for hydroxylation is 1. The van der Waals surface area contributed by atoms with Gasteiger partial charge < -0.3 is 15.2 Å². The van der Waals surface area contributed by atoms with E-state index < -0.39 is 0 Å². The van der Waals surface area contributed by atoms with E-state index in [2.05, 4.69) is 4.98 Å². The fourth-order valence-corrected chi connectivity index (χ4v) is 2.24. The largest absolute Gasteiger partial charge is 0.496 e. The van der Waals surface area contributed by atoms with E-state index in [9.17, 15) is 4.79 Å². The average molecular weight is 265 g/mol. The summed E-state index contributed by atoms with van der Waals surface area (Å²) in [5.41, 5.74) is 8.25. The van der Waals surface area contributed by atoms with Crippen LogP contribution in [0.5, 0.6) is 5.75 Å². The summed E-state index contributed by atoms with van der Waals surface area (Å²) >= 11 is 0. The highest BCUT2D eigenvalue weighted by Gasteiger charge is 2.31. The van der Waals surface area contributed by atoms with Crippen molar-refractivity contribution in [1.29, 1.82) is 0 Å². The number of pyridine rings is 1. The Hall–Kier alpha value is -1.82. The molecule has 6 heteroatoms. The van der Waals surface area contributed by atoms with Crippen LogP contribution in [0.1, 0.15) is 16.8 Å². The molecule has 1 aliphatic rings. The summed E-state index contributed by atoms with van der Waals surface area (Å²) in [6.07, 6.45) is 1.19. The number of nitrogens with two attached hydrogens (primary N) is 1. The number of carbonyl (C=O) groups is 1. The molecule has 1 fully saturated rings. The van der Waals surface area contributed by atoms with Gasteiger partial charge in [0.05, 0.1) is 25.9 Å². The molecule has 1 aliphatic heterocycles. The van der Waals surface area contributed by atoms with Gasteiger partial charge in [-0.05, 0) is 13.8 Å². The number of hydrogen-bond acceptors (Lipinski definition) is 5. The second-order valence-electron chi connectivity index (χ2n) is 4.67. The Labute approximate surface area is 112 Å². The van der Waals surface area contributed by atoms with Crippen LogP contribution >= 0.6 is 0 Å². The van der Waals surface area contributed by atoms with E-state index in [0.29, 0.717) is 19.6 Å². The third kappa shape index (κ3) is 2.63. The van der Waals surface area contributed by atoms with Gasteiger partial charge in [-0.15, -0.1) is 0 Å². The van der Waals surface area contributed by atoms with Crippen molar-refractivity contribution in [3.63, 3.8) is 0 Å². The Morgan fingerprint density at radius 2 is 2.32 bits per heavy atom. The molecule has 1 amide bonds. The highest BCUT2D eigenvalue weighted by molar-refractivity contribution is 5.70. The molecule has 1 unspecified atom stereocenters. The van der Waals surface area contributed by atoms with Gasteiger partial charge in [-0.3, -0.25) is 9.88 Å². The van der Waals surface area contributed by atoms with Gasteiger partial charge >= 0.3 is 6.09 Å². The fraction of sp³-hybridized carbons (Fsp3) is 0.538. The van der Waals surface area contributed by atoms with Crippen molar-refractivity contribution in [2.24, 2.45) is 5.73 Å². The monoisotopic (exact) mass is 265 g/mol. The number of aromatic nitrogens is 1. The van der Waals surface area contributed by atoms with Crippen LogP contribution in [0.3, 0.4) is 0 Å². The van der Waals surface area contributed by atoms with E-state index >= 15 is 0 Å². The van der Waals surface area contributed by atoms with Crippen molar-refractivity contribution < 1.29 is 14.3 Å². The third-order valence-electron chi connectivity index (χ3n) is 3.30. The van der Waals surface area contributed by atoms with Gasteiger partial charge in [0.1, 0.15) is 11.9 Å². The number of rotatable bonds is 4. The SMILES string of the molecule is COc1c(C)cnc(CN2CC(CN)OC2=O)c1C. The Balaban J connectivity index is 2.18. The van der Waals surface area contributed by atoms with Crippen LogP contribution in [-0.4, -0.2) is 42.3 Å². The zero-order valence-corrected chi connectivity index (χ0v) is 11.5. The normalized spacial score (nSPS) is 18.6. The number of carbonyl (C=O) groups excluding carboxylic acids is 1. The Morgan fingerprint density at radius 3 is 2.89 bits per heavy atom. The number of hydrogen-bond donors (Lipinski definition) is 1. The minimum Gasteiger partial charge on any atom is -0.496 e. The van der Waals surface area contributed by atoms with Crippen LogP contribution in [0.25, 0.3) is 0 Å². The standard InChI is InChI=1S/C13H19N3O3/c1-8-5-15-11(9(2)12(8)18-3)7-16-6-10(4-14)19-13(16)17/h5,10H,4,6-7,14H2,1-3H3. The first-order valence-corrected chi connectivity index (χ1v) is 6.21. The first-order valence-electron chi connectivity index (χ1n) is 6.21. The maximum atomic E-state index is 11.7. The minimum atomic E-state index is -0.337. The molecule has 0 aliphatic carbocycles. The maximum absolute atomic E-state index is 11.7. The van der Waals surface area contributed by atoms with Gasteiger partial charge in [-0.2, -0.15) is 0 Å². The quantitative estimate of drug-likeness (QED) is 0.878. The minimum absolute atomic E-state index is 0.222. The fourth-order valence-electron chi connectivity index (χ4n) is 2.24. The van der Waals surface area contributed by atoms with Crippen molar-refractivity contribution in [2.75, 3.05) is 20.2 Å². The Bertz CT molecular complexity index is 490. The molecule has 1 saturated heterocycles. The average Bonchev–Trinajstić information content (AvgIpc) is 2.74. The molecular weight excluding hydrogens is 246 g/mol. The first kappa shape index (κ1) is 13.6. The molecule has 19 heavy (non-hydrogen) atoms. The lowest BCUT2D eigenvalue weighted by molar-refractivity contribution is 0.134. The number of amides is 1. The van der Waals surface area contributed by atoms with E-state index in [-0.39, 0.29) is 12.2 Å². The van der Waals surface area contributed by atoms with Gasteiger partial charge in [0.2, 0.25) is 0 Å². The molecule has 104 valence electrons. The molecule has 0 bridgehead atoms. The molecule has 2 heterocycles. The topological polar surface area (TPSA) is 77.7 Å². The summed E-state index contributed by atoms with van der Waals surface area (Å²) in [7, 11) is 1.63. The smallest absolute Gasteiger partial charge is 0.410 e. The van der Waals surface area contributed by atoms with Crippen LogP contribution < -0.4 is 10.5 Å². The summed E-state index contributed by atoms with van der Waals surface area (Å²) in [4.78, 5) is 17.7. The summed E-state index contributed by atoms with van der Waals surface area (Å²) in [6.45, 7) is 5.14. The number of cyclic esters (lactones) is 1. The van der Waals surface area contributed by atoms with E-state index in [4.69, 9.17) is 15.2 Å². The Morgan fingerprint density at radius 1 is 1.58 bits per heavy atom. The van der Waals surface area contributed by atoms with Crippen molar-refractivity contribution in [3.05, 3.63) is 23.0 Å². The highest BCUT2D eigenvalue weighted by atomic mass is 16.6. The predicted octanol–water partition coefficient (Wildman–Crippen LogP) is 0.987. The molecule has 1 aromatic rings. The lowest BCUT2D eigenvalue weighted by Crippen LogP contribution is -2.28. The van der Waals surface area contributed by atoms with Crippen molar-refractivity contribution >= 4 is 6.09 Å². The molecule has 0 saturated carbocycles. The van der Waals surface area contributed by atoms with Gasteiger partial charge in [-0.25, -0.2) is 4.79 Å². The van der Waals surface area contributed by atoms with Crippen LogP contribution in [0, 0.1) is 13.8 Å². The molecule has 2 N–H and O–H groups in total. The zero-order chi connectivity index (χ0) is 14.0. The first-order chi connectivity index (χ1) is 9.06. The molecule has 1 aromatic heterocycles. The number of methoxy groups -OCH3 is 1. The van der Waals surface area contributed by atoms with Crippen molar-refractivity contribution in [2.45, 2.75) is 26.5 Å². The van der Waals surface area contributed by atoms with Crippen molar-refractivity contribution in [3.8, 4) is 5.75 Å². The predicted molar refractivity (Wildman–Crippen MR) is 70.0 cm³/mol. The lowest BCUT2D eigenvalue weighted by atomic mass is 10.1. The summed E-state index contributed by atoms with van der Waals surface area (Å²) in [6, 6.07) is 0. The summed E-state index contributed by atoms with van der Waals surface area (Å²) < 4.78 is 10.5. The van der Waals surface area contributed by atoms with Crippen molar-refractivity contribution in [1.82, 2.24) is 9.88 Å². The summed E-state index contributed by atoms with van der Waals surface area (Å²) in [5, 5.41) is 0. The van der Waals surface area contributed by atoms with Crippen LogP contribution in [0.2, 0.25) is 0 Å². The lowest BCUT2D eigenvalue weighted by Gasteiger charge is -2.16. The molecule has 0 spiro atoms. The van der Waals surface area contributed by atoms with Gasteiger partial charge in [0.15, 0.2) is 0 Å². The van der Waals surface area contributed by atoms with Gasteiger partial charge in [0.25, 0.3) is 0 Å². The van der Waals surface area contributed by atoms with Crippen LogP contribution in [0.4, 0.5) is 4.79 Å². The summed E-state index contributed by atoms with van der Waals surface area (Å²) in [5.74, 6) is 0.813. The molecule has 0 radical (unpaired) electrons. The highest BCUT2D eigenvalue weighted by Crippen LogP contribution is 2.25. The number of ether oxygens (including phenoxy) is 2. The Kier molecular flexibility index (Phi) is 3.90. The van der Waals surface area contributed by atoms with Gasteiger partial charge in [0, 0.05) is 23.9 Å². The maximum Gasteiger partial charge on any atom is 0.410 e. The van der Waals surface area contributed by atoms with E-state index in [1.165, 1.54) is 0 Å². The second kappa shape index (κ2) is 5.44. The van der Waals surface area contributed by atoms with E-state index in [1.807, 2.05) is 13.8 Å². The molecule has 0 aromatic carbocycles. The third-order valence-corrected chi connectivity index (χ3v) is 3.30. The molecule has 2 rings (SSSR count). The number of nitrogens with zero attached hydrogens (tertiary/aromatic N) is 2.